The second-order valence-electron chi connectivity index (χ2n) is 4.41. The van der Waals surface area contributed by atoms with Gasteiger partial charge in [0.15, 0.2) is 0 Å². The average molecular weight is 235 g/mol. The van der Waals surface area contributed by atoms with Crippen LogP contribution in [0.1, 0.15) is 44.6 Å². The van der Waals surface area contributed by atoms with E-state index < -0.39 is 0 Å². The Morgan fingerprint density at radius 1 is 1.06 bits per heavy atom. The van der Waals surface area contributed by atoms with Crippen LogP contribution in [0.15, 0.2) is 24.3 Å². The first-order valence-electron chi connectivity index (χ1n) is 6.79. The number of nitrogens with two attached hydrogens (primary N) is 1. The Hall–Kier alpha value is -1.02. The monoisotopic (exact) mass is 235 g/mol. The van der Waals surface area contributed by atoms with Crippen molar-refractivity contribution in [2.24, 2.45) is 5.73 Å². The first kappa shape index (κ1) is 14.0. The molecule has 2 heteroatoms. The molecule has 0 amide bonds. The molecule has 96 valence electrons. The van der Waals surface area contributed by atoms with E-state index >= 15 is 0 Å². The molecular weight excluding hydrogens is 210 g/mol. The van der Waals surface area contributed by atoms with Crippen LogP contribution in [-0.2, 0) is 6.42 Å². The molecule has 0 spiro atoms. The van der Waals surface area contributed by atoms with E-state index in [-0.39, 0.29) is 0 Å². The number of benzene rings is 1. The van der Waals surface area contributed by atoms with Gasteiger partial charge in [0.2, 0.25) is 0 Å². The van der Waals surface area contributed by atoms with Gasteiger partial charge in [-0.05, 0) is 37.4 Å². The van der Waals surface area contributed by atoms with Crippen LogP contribution >= 0.6 is 0 Å². The minimum atomic E-state index is 0.741. The molecule has 1 rings (SSSR count). The molecule has 0 aliphatic heterocycles. The van der Waals surface area contributed by atoms with Crippen molar-refractivity contribution in [3.05, 3.63) is 29.8 Å². The SMILES string of the molecule is CCCCCCOc1ccccc1CCCN. The predicted octanol–water partition coefficient (Wildman–Crippen LogP) is 3.54. The first-order chi connectivity index (χ1) is 8.38. The minimum Gasteiger partial charge on any atom is -0.493 e. The highest BCUT2D eigenvalue weighted by Crippen LogP contribution is 2.19. The van der Waals surface area contributed by atoms with Gasteiger partial charge in [0.05, 0.1) is 6.61 Å². The van der Waals surface area contributed by atoms with Crippen LogP contribution in [0, 0.1) is 0 Å². The summed E-state index contributed by atoms with van der Waals surface area (Å²) < 4.78 is 5.84. The molecule has 0 bridgehead atoms. The summed E-state index contributed by atoms with van der Waals surface area (Å²) in [4.78, 5) is 0. The van der Waals surface area contributed by atoms with Gasteiger partial charge in [-0.25, -0.2) is 0 Å². The van der Waals surface area contributed by atoms with Crippen LogP contribution in [0.25, 0.3) is 0 Å². The molecule has 0 aliphatic carbocycles. The highest BCUT2D eigenvalue weighted by Gasteiger charge is 2.01. The van der Waals surface area contributed by atoms with Gasteiger partial charge in [0.25, 0.3) is 0 Å². The lowest BCUT2D eigenvalue weighted by molar-refractivity contribution is 0.302. The zero-order chi connectivity index (χ0) is 12.3. The molecule has 0 aromatic heterocycles. The van der Waals surface area contributed by atoms with Crippen molar-refractivity contribution >= 4 is 0 Å². The summed E-state index contributed by atoms with van der Waals surface area (Å²) in [5.74, 6) is 1.04. The molecule has 0 fully saturated rings. The lowest BCUT2D eigenvalue weighted by Gasteiger charge is -2.11. The van der Waals surface area contributed by atoms with Gasteiger partial charge in [0, 0.05) is 0 Å². The fourth-order valence-electron chi connectivity index (χ4n) is 1.85. The second-order valence-corrected chi connectivity index (χ2v) is 4.41. The molecule has 0 heterocycles. The molecule has 0 saturated carbocycles. The number of hydrogen-bond donors (Lipinski definition) is 1. The normalized spacial score (nSPS) is 10.5. The van der Waals surface area contributed by atoms with E-state index in [4.69, 9.17) is 10.5 Å². The Morgan fingerprint density at radius 2 is 1.88 bits per heavy atom. The maximum atomic E-state index is 5.84. The number of hydrogen-bond acceptors (Lipinski definition) is 2. The highest BCUT2D eigenvalue weighted by atomic mass is 16.5. The van der Waals surface area contributed by atoms with E-state index in [9.17, 15) is 0 Å². The highest BCUT2D eigenvalue weighted by molar-refractivity contribution is 5.33. The molecule has 0 unspecified atom stereocenters. The van der Waals surface area contributed by atoms with Gasteiger partial charge < -0.3 is 10.5 Å². The van der Waals surface area contributed by atoms with Crippen LogP contribution in [0.5, 0.6) is 5.75 Å². The zero-order valence-electron chi connectivity index (χ0n) is 11.0. The minimum absolute atomic E-state index is 0.741. The van der Waals surface area contributed by atoms with E-state index in [1.807, 2.05) is 6.07 Å². The summed E-state index contributed by atoms with van der Waals surface area (Å²) in [6.07, 6.45) is 7.03. The van der Waals surface area contributed by atoms with Crippen LogP contribution in [0.4, 0.5) is 0 Å². The van der Waals surface area contributed by atoms with Crippen molar-refractivity contribution in [3.8, 4) is 5.75 Å². The van der Waals surface area contributed by atoms with Gasteiger partial charge in [-0.2, -0.15) is 0 Å². The number of ether oxygens (including phenoxy) is 1. The Balaban J connectivity index is 2.35. The molecular formula is C15H25NO. The van der Waals surface area contributed by atoms with Crippen molar-refractivity contribution < 1.29 is 4.74 Å². The topological polar surface area (TPSA) is 35.2 Å². The summed E-state index contributed by atoms with van der Waals surface area (Å²) in [5.41, 5.74) is 6.83. The molecule has 2 N–H and O–H groups in total. The fourth-order valence-corrected chi connectivity index (χ4v) is 1.85. The second kappa shape index (κ2) is 9.06. The summed E-state index contributed by atoms with van der Waals surface area (Å²) in [7, 11) is 0. The summed E-state index contributed by atoms with van der Waals surface area (Å²) in [6, 6.07) is 8.30. The van der Waals surface area contributed by atoms with E-state index in [1.54, 1.807) is 0 Å². The van der Waals surface area contributed by atoms with Crippen molar-refractivity contribution in [1.29, 1.82) is 0 Å². The predicted molar refractivity (Wildman–Crippen MR) is 73.5 cm³/mol. The van der Waals surface area contributed by atoms with E-state index in [0.29, 0.717) is 0 Å². The molecule has 0 radical (unpaired) electrons. The Morgan fingerprint density at radius 3 is 2.65 bits per heavy atom. The third kappa shape index (κ3) is 5.73. The zero-order valence-corrected chi connectivity index (χ0v) is 11.0. The summed E-state index contributed by atoms with van der Waals surface area (Å²) >= 11 is 0. The number of unbranched alkanes of at least 4 members (excludes halogenated alkanes) is 3. The van der Waals surface area contributed by atoms with Crippen molar-refractivity contribution in [2.75, 3.05) is 13.2 Å². The van der Waals surface area contributed by atoms with E-state index in [0.717, 1.165) is 38.2 Å². The average Bonchev–Trinajstić information content (AvgIpc) is 2.37. The van der Waals surface area contributed by atoms with E-state index in [2.05, 4.69) is 25.1 Å². The third-order valence-electron chi connectivity index (χ3n) is 2.88. The molecule has 1 aromatic rings. The first-order valence-corrected chi connectivity index (χ1v) is 6.79. The quantitative estimate of drug-likeness (QED) is 0.664. The maximum absolute atomic E-state index is 5.84. The Labute approximate surface area is 105 Å². The molecule has 0 aliphatic rings. The molecule has 0 saturated heterocycles. The van der Waals surface area contributed by atoms with Crippen LogP contribution in [0.3, 0.4) is 0 Å². The number of aryl methyl sites for hydroxylation is 1. The van der Waals surface area contributed by atoms with Gasteiger partial charge in [-0.3, -0.25) is 0 Å². The fraction of sp³-hybridized carbons (Fsp3) is 0.600. The van der Waals surface area contributed by atoms with Gasteiger partial charge in [0.1, 0.15) is 5.75 Å². The Kier molecular flexibility index (Phi) is 7.48. The molecule has 1 aromatic carbocycles. The molecule has 0 atom stereocenters. The van der Waals surface area contributed by atoms with Crippen molar-refractivity contribution in [2.45, 2.75) is 45.4 Å². The van der Waals surface area contributed by atoms with Gasteiger partial charge in [-0.15, -0.1) is 0 Å². The standard InChI is InChI=1S/C15H25NO/c1-2-3-4-7-13-17-15-11-6-5-9-14(15)10-8-12-16/h5-6,9,11H,2-4,7-8,10,12-13,16H2,1H3. The van der Waals surface area contributed by atoms with Crippen molar-refractivity contribution in [1.82, 2.24) is 0 Å². The molecule has 2 nitrogen and oxygen atoms in total. The number of rotatable bonds is 9. The van der Waals surface area contributed by atoms with Crippen LogP contribution < -0.4 is 10.5 Å². The van der Waals surface area contributed by atoms with Gasteiger partial charge >= 0.3 is 0 Å². The lowest BCUT2D eigenvalue weighted by atomic mass is 10.1. The summed E-state index contributed by atoms with van der Waals surface area (Å²) in [6.45, 7) is 3.80. The summed E-state index contributed by atoms with van der Waals surface area (Å²) in [5, 5.41) is 0. The lowest BCUT2D eigenvalue weighted by Crippen LogP contribution is -2.03. The third-order valence-corrected chi connectivity index (χ3v) is 2.88. The maximum Gasteiger partial charge on any atom is 0.122 e. The molecule has 17 heavy (non-hydrogen) atoms. The van der Waals surface area contributed by atoms with Gasteiger partial charge in [-0.1, -0.05) is 44.4 Å². The van der Waals surface area contributed by atoms with Crippen molar-refractivity contribution in [3.63, 3.8) is 0 Å². The smallest absolute Gasteiger partial charge is 0.122 e. The number of para-hydroxylation sites is 1. The van der Waals surface area contributed by atoms with Crippen LogP contribution in [0.2, 0.25) is 0 Å². The van der Waals surface area contributed by atoms with Crippen LogP contribution in [-0.4, -0.2) is 13.2 Å². The Bertz CT molecular complexity index is 299. The van der Waals surface area contributed by atoms with E-state index in [1.165, 1.54) is 24.8 Å². The largest absolute Gasteiger partial charge is 0.493 e.